The number of hydrogen-bond donors (Lipinski definition) is 1. The molecule has 0 aliphatic carbocycles. The lowest BCUT2D eigenvalue weighted by Crippen LogP contribution is -2.39. The summed E-state index contributed by atoms with van der Waals surface area (Å²) in [6.07, 6.45) is 1.03. The van der Waals surface area contributed by atoms with Crippen molar-refractivity contribution >= 4 is 5.91 Å². The third kappa shape index (κ3) is 2.38. The van der Waals surface area contributed by atoms with Gasteiger partial charge in [0.05, 0.1) is 36.1 Å². The van der Waals surface area contributed by atoms with Gasteiger partial charge in [0.15, 0.2) is 0 Å². The molecule has 0 spiro atoms. The Morgan fingerprint density at radius 1 is 1.45 bits per heavy atom. The van der Waals surface area contributed by atoms with Gasteiger partial charge in [-0.25, -0.2) is 0 Å². The largest absolute Gasteiger partial charge is 0.387 e. The number of aromatic nitrogens is 3. The van der Waals surface area contributed by atoms with Gasteiger partial charge in [0.25, 0.3) is 5.91 Å². The number of aryl methyl sites for hydroxylation is 1. The SMILES string of the molecule is C[C@H](O)c1cc2n(n1)CCN(C(=O)c1cc(C#N)cn1C)C2. The topological polar surface area (TPSA) is 87.1 Å². The van der Waals surface area contributed by atoms with E-state index < -0.39 is 6.10 Å². The number of aliphatic hydroxyl groups excluding tert-OH is 1. The third-order valence-electron chi connectivity index (χ3n) is 3.89. The Morgan fingerprint density at radius 3 is 2.86 bits per heavy atom. The summed E-state index contributed by atoms with van der Waals surface area (Å²) in [6.45, 7) is 3.28. The zero-order valence-corrected chi connectivity index (χ0v) is 12.5. The molecule has 0 saturated heterocycles. The van der Waals surface area contributed by atoms with E-state index >= 15 is 0 Å². The molecule has 1 aliphatic heterocycles. The molecular weight excluding hydrogens is 282 g/mol. The molecule has 0 aromatic carbocycles. The number of carbonyl (C=O) groups is 1. The Balaban J connectivity index is 1.83. The predicted molar refractivity (Wildman–Crippen MR) is 77.7 cm³/mol. The van der Waals surface area contributed by atoms with Crippen LogP contribution in [0.25, 0.3) is 0 Å². The Kier molecular flexibility index (Phi) is 3.47. The minimum absolute atomic E-state index is 0.102. The highest BCUT2D eigenvalue weighted by molar-refractivity contribution is 5.93. The van der Waals surface area contributed by atoms with Gasteiger partial charge in [-0.3, -0.25) is 9.48 Å². The van der Waals surface area contributed by atoms with Crippen molar-refractivity contribution in [3.05, 3.63) is 41.0 Å². The van der Waals surface area contributed by atoms with E-state index in [1.165, 1.54) is 0 Å². The molecule has 22 heavy (non-hydrogen) atoms. The number of amides is 1. The van der Waals surface area contributed by atoms with E-state index in [4.69, 9.17) is 5.26 Å². The number of nitriles is 1. The van der Waals surface area contributed by atoms with Crippen LogP contribution in [0, 0.1) is 11.3 Å². The lowest BCUT2D eigenvalue weighted by Gasteiger charge is -2.27. The molecule has 0 fully saturated rings. The fraction of sp³-hybridized carbons (Fsp3) is 0.400. The lowest BCUT2D eigenvalue weighted by molar-refractivity contribution is 0.0696. The van der Waals surface area contributed by atoms with E-state index in [0.717, 1.165) is 5.69 Å². The molecule has 2 aromatic rings. The number of rotatable bonds is 2. The summed E-state index contributed by atoms with van der Waals surface area (Å²) in [7, 11) is 1.76. The van der Waals surface area contributed by atoms with Crippen molar-refractivity contribution < 1.29 is 9.90 Å². The fourth-order valence-corrected chi connectivity index (χ4v) is 2.67. The zero-order chi connectivity index (χ0) is 15.9. The first-order valence-corrected chi connectivity index (χ1v) is 7.10. The van der Waals surface area contributed by atoms with Crippen LogP contribution in [-0.2, 0) is 20.1 Å². The average Bonchev–Trinajstić information content (AvgIpc) is 3.08. The normalized spacial score (nSPS) is 15.3. The summed E-state index contributed by atoms with van der Waals surface area (Å²) in [4.78, 5) is 14.4. The standard InChI is InChI=1S/C15H17N5O2/c1-10(21)13-6-12-9-19(3-4-20(12)17-13)15(22)14-5-11(7-16)8-18(14)2/h5-6,8,10,21H,3-4,9H2,1-2H3/t10-/m0/s1. The number of carbonyl (C=O) groups excluding carboxylic acids is 1. The van der Waals surface area contributed by atoms with Gasteiger partial charge in [-0.05, 0) is 19.1 Å². The molecule has 3 rings (SSSR count). The van der Waals surface area contributed by atoms with Crippen LogP contribution in [0.5, 0.6) is 0 Å². The van der Waals surface area contributed by atoms with E-state index in [2.05, 4.69) is 5.10 Å². The molecular formula is C15H17N5O2. The predicted octanol–water partition coefficient (Wildman–Crippen LogP) is 0.803. The minimum atomic E-state index is -0.617. The highest BCUT2D eigenvalue weighted by Crippen LogP contribution is 2.20. The monoisotopic (exact) mass is 299 g/mol. The molecule has 1 amide bonds. The Morgan fingerprint density at radius 2 is 2.23 bits per heavy atom. The quantitative estimate of drug-likeness (QED) is 0.888. The molecule has 1 N–H and O–H groups in total. The molecule has 0 unspecified atom stereocenters. The molecule has 114 valence electrons. The smallest absolute Gasteiger partial charge is 0.270 e. The van der Waals surface area contributed by atoms with Gasteiger partial charge >= 0.3 is 0 Å². The van der Waals surface area contributed by atoms with Gasteiger partial charge in [0.2, 0.25) is 0 Å². The summed E-state index contributed by atoms with van der Waals surface area (Å²) in [5, 5.41) is 22.9. The Hall–Kier alpha value is -2.59. The van der Waals surface area contributed by atoms with Gasteiger partial charge < -0.3 is 14.6 Å². The number of hydrogen-bond acceptors (Lipinski definition) is 4. The summed E-state index contributed by atoms with van der Waals surface area (Å²) in [5.74, 6) is -0.102. The maximum atomic E-state index is 12.6. The van der Waals surface area contributed by atoms with E-state index in [1.54, 1.807) is 35.7 Å². The van der Waals surface area contributed by atoms with Crippen molar-refractivity contribution in [3.8, 4) is 6.07 Å². The average molecular weight is 299 g/mol. The van der Waals surface area contributed by atoms with Gasteiger partial charge in [-0.1, -0.05) is 0 Å². The van der Waals surface area contributed by atoms with E-state index in [9.17, 15) is 9.90 Å². The second kappa shape index (κ2) is 5.31. The van der Waals surface area contributed by atoms with Gasteiger partial charge in [0.1, 0.15) is 11.8 Å². The van der Waals surface area contributed by atoms with E-state index in [0.29, 0.717) is 36.6 Å². The molecule has 7 nitrogen and oxygen atoms in total. The number of nitrogens with zero attached hydrogens (tertiary/aromatic N) is 5. The van der Waals surface area contributed by atoms with E-state index in [1.807, 2.05) is 16.8 Å². The van der Waals surface area contributed by atoms with E-state index in [-0.39, 0.29) is 5.91 Å². The Labute approximate surface area is 128 Å². The maximum Gasteiger partial charge on any atom is 0.270 e. The molecule has 1 atom stereocenters. The van der Waals surface area contributed by atoms with Crippen molar-refractivity contribution in [1.29, 1.82) is 5.26 Å². The van der Waals surface area contributed by atoms with Crippen molar-refractivity contribution in [3.63, 3.8) is 0 Å². The fourth-order valence-electron chi connectivity index (χ4n) is 2.67. The molecule has 0 radical (unpaired) electrons. The van der Waals surface area contributed by atoms with Crippen molar-refractivity contribution in [2.45, 2.75) is 26.1 Å². The van der Waals surface area contributed by atoms with Crippen LogP contribution >= 0.6 is 0 Å². The minimum Gasteiger partial charge on any atom is -0.387 e. The third-order valence-corrected chi connectivity index (χ3v) is 3.89. The maximum absolute atomic E-state index is 12.6. The first-order valence-electron chi connectivity index (χ1n) is 7.10. The Bertz CT molecular complexity index is 765. The van der Waals surface area contributed by atoms with Crippen LogP contribution in [0.4, 0.5) is 0 Å². The summed E-state index contributed by atoms with van der Waals surface area (Å²) < 4.78 is 3.51. The first-order chi connectivity index (χ1) is 10.5. The summed E-state index contributed by atoms with van der Waals surface area (Å²) in [5.41, 5.74) is 2.50. The van der Waals surface area contributed by atoms with Crippen LogP contribution in [-0.4, -0.2) is 36.8 Å². The molecule has 1 aliphatic rings. The molecule has 0 saturated carbocycles. The first kappa shape index (κ1) is 14.4. The zero-order valence-electron chi connectivity index (χ0n) is 12.5. The molecule has 0 bridgehead atoms. The van der Waals surface area contributed by atoms with Gasteiger partial charge in [0, 0.05) is 19.8 Å². The number of fused-ring (bicyclic) bond motifs is 1. The van der Waals surface area contributed by atoms with Gasteiger partial charge in [-0.15, -0.1) is 0 Å². The van der Waals surface area contributed by atoms with Gasteiger partial charge in [-0.2, -0.15) is 10.4 Å². The summed E-state index contributed by atoms with van der Waals surface area (Å²) in [6, 6.07) is 5.48. The van der Waals surface area contributed by atoms with Crippen LogP contribution in [0.1, 0.15) is 40.5 Å². The molecule has 7 heteroatoms. The number of aliphatic hydroxyl groups is 1. The van der Waals surface area contributed by atoms with Crippen molar-refractivity contribution in [2.24, 2.45) is 7.05 Å². The van der Waals surface area contributed by atoms with Crippen LogP contribution in [0.3, 0.4) is 0 Å². The molecule has 3 heterocycles. The summed E-state index contributed by atoms with van der Waals surface area (Å²) >= 11 is 0. The lowest BCUT2D eigenvalue weighted by atomic mass is 10.2. The van der Waals surface area contributed by atoms with Crippen LogP contribution in [0.15, 0.2) is 18.3 Å². The second-order valence-corrected chi connectivity index (χ2v) is 5.52. The highest BCUT2D eigenvalue weighted by atomic mass is 16.3. The van der Waals surface area contributed by atoms with Crippen molar-refractivity contribution in [1.82, 2.24) is 19.2 Å². The molecule has 2 aromatic heterocycles. The highest BCUT2D eigenvalue weighted by Gasteiger charge is 2.25. The second-order valence-electron chi connectivity index (χ2n) is 5.52. The van der Waals surface area contributed by atoms with Crippen molar-refractivity contribution in [2.75, 3.05) is 6.54 Å². The van der Waals surface area contributed by atoms with Crippen LogP contribution < -0.4 is 0 Å². The van der Waals surface area contributed by atoms with Crippen LogP contribution in [0.2, 0.25) is 0 Å².